The lowest BCUT2D eigenvalue weighted by atomic mass is 9.81. The maximum Gasteiger partial charge on any atom is 0.233 e. The normalized spacial score (nSPS) is 23.9. The van der Waals surface area contributed by atoms with E-state index in [1.54, 1.807) is 11.3 Å². The van der Waals surface area contributed by atoms with Gasteiger partial charge < -0.3 is 5.32 Å². The molecular formula is C17H22N2O3S. The van der Waals surface area contributed by atoms with Crippen LogP contribution in [0.3, 0.4) is 0 Å². The van der Waals surface area contributed by atoms with Gasteiger partial charge >= 0.3 is 0 Å². The standard InChI is InChI=1S/C17H22N2O3S/c20-15(18-9-7-12-4-3-11-23-12)8-10-19-16(21)13-5-1-2-6-14(13)17(19)22/h3-4,11,13-14H,1-2,5-10H2,(H,18,20)/t13-,14+. The second-order valence-electron chi connectivity index (χ2n) is 6.25. The van der Waals surface area contributed by atoms with Gasteiger partial charge in [-0.3, -0.25) is 19.3 Å². The van der Waals surface area contributed by atoms with Gasteiger partial charge in [0.1, 0.15) is 0 Å². The predicted octanol–water partition coefficient (Wildman–Crippen LogP) is 1.97. The molecule has 5 nitrogen and oxygen atoms in total. The molecule has 0 radical (unpaired) electrons. The van der Waals surface area contributed by atoms with Crippen LogP contribution in [0.1, 0.15) is 37.0 Å². The fourth-order valence-electron chi connectivity index (χ4n) is 3.53. The summed E-state index contributed by atoms with van der Waals surface area (Å²) < 4.78 is 0. The van der Waals surface area contributed by atoms with Crippen molar-refractivity contribution < 1.29 is 14.4 Å². The predicted molar refractivity (Wildman–Crippen MR) is 87.8 cm³/mol. The third-order valence-electron chi connectivity index (χ3n) is 4.77. The van der Waals surface area contributed by atoms with Gasteiger partial charge in [-0.25, -0.2) is 0 Å². The Balaban J connectivity index is 1.43. The number of carbonyl (C=O) groups is 3. The van der Waals surface area contributed by atoms with Crippen molar-refractivity contribution in [1.82, 2.24) is 10.2 Å². The maximum absolute atomic E-state index is 12.3. The molecule has 23 heavy (non-hydrogen) atoms. The molecule has 2 atom stereocenters. The Morgan fingerprint density at radius 2 is 1.91 bits per heavy atom. The van der Waals surface area contributed by atoms with Gasteiger partial charge in [0.2, 0.25) is 17.7 Å². The van der Waals surface area contributed by atoms with E-state index in [2.05, 4.69) is 5.32 Å². The first-order valence-corrected chi connectivity index (χ1v) is 9.19. The summed E-state index contributed by atoms with van der Waals surface area (Å²) in [5, 5.41) is 4.87. The lowest BCUT2D eigenvalue weighted by molar-refractivity contribution is -0.140. The molecule has 1 saturated carbocycles. The third-order valence-corrected chi connectivity index (χ3v) is 5.70. The minimum absolute atomic E-state index is 0.0638. The SMILES string of the molecule is O=C(CCN1C(=O)[C@H]2CCCC[C@H]2C1=O)NCCc1cccs1. The van der Waals surface area contributed by atoms with Crippen LogP contribution in [0.15, 0.2) is 17.5 Å². The van der Waals surface area contributed by atoms with Crippen molar-refractivity contribution in [2.75, 3.05) is 13.1 Å². The van der Waals surface area contributed by atoms with Crippen LogP contribution < -0.4 is 5.32 Å². The number of fused-ring (bicyclic) bond motifs is 1. The van der Waals surface area contributed by atoms with Crippen molar-refractivity contribution in [2.45, 2.75) is 38.5 Å². The third kappa shape index (κ3) is 3.63. The molecule has 3 amide bonds. The molecule has 1 aromatic rings. The molecule has 2 aliphatic rings. The van der Waals surface area contributed by atoms with Gasteiger partial charge in [-0.15, -0.1) is 11.3 Å². The van der Waals surface area contributed by atoms with Gasteiger partial charge in [-0.05, 0) is 30.7 Å². The van der Waals surface area contributed by atoms with Gasteiger partial charge in [0.05, 0.1) is 11.8 Å². The van der Waals surface area contributed by atoms with E-state index < -0.39 is 0 Å². The van der Waals surface area contributed by atoms with E-state index in [4.69, 9.17) is 0 Å². The summed E-state index contributed by atoms with van der Waals surface area (Å²) in [6.45, 7) is 0.808. The second-order valence-corrected chi connectivity index (χ2v) is 7.29. The quantitative estimate of drug-likeness (QED) is 0.809. The number of nitrogens with one attached hydrogen (secondary N) is 1. The summed E-state index contributed by atoms with van der Waals surface area (Å²) in [4.78, 5) is 39.1. The highest BCUT2D eigenvalue weighted by Gasteiger charge is 2.47. The molecule has 1 aliphatic carbocycles. The molecule has 2 heterocycles. The summed E-state index contributed by atoms with van der Waals surface area (Å²) in [6, 6.07) is 4.03. The molecule has 6 heteroatoms. The lowest BCUT2D eigenvalue weighted by Crippen LogP contribution is -2.35. The summed E-state index contributed by atoms with van der Waals surface area (Å²) >= 11 is 1.67. The number of thiophene rings is 1. The number of rotatable bonds is 6. The summed E-state index contributed by atoms with van der Waals surface area (Å²) in [7, 11) is 0. The fraction of sp³-hybridized carbons (Fsp3) is 0.588. The molecule has 2 fully saturated rings. The highest BCUT2D eigenvalue weighted by molar-refractivity contribution is 7.09. The van der Waals surface area contributed by atoms with E-state index in [1.165, 1.54) is 9.78 Å². The Labute approximate surface area is 140 Å². The van der Waals surface area contributed by atoms with Crippen LogP contribution in [0.25, 0.3) is 0 Å². The molecule has 1 N–H and O–H groups in total. The first kappa shape index (κ1) is 16.2. The molecular weight excluding hydrogens is 312 g/mol. The zero-order valence-corrected chi connectivity index (χ0v) is 13.9. The van der Waals surface area contributed by atoms with Gasteiger partial charge in [-0.1, -0.05) is 18.9 Å². The number of hydrogen-bond acceptors (Lipinski definition) is 4. The number of amides is 3. The average Bonchev–Trinajstić information content (AvgIpc) is 3.15. The van der Waals surface area contributed by atoms with Crippen LogP contribution in [-0.2, 0) is 20.8 Å². The number of hydrogen-bond donors (Lipinski definition) is 1. The van der Waals surface area contributed by atoms with E-state index in [0.717, 1.165) is 32.1 Å². The number of carbonyl (C=O) groups excluding carboxylic acids is 3. The van der Waals surface area contributed by atoms with E-state index in [0.29, 0.717) is 6.54 Å². The number of nitrogens with zero attached hydrogens (tertiary/aromatic N) is 1. The minimum atomic E-state index is -0.127. The maximum atomic E-state index is 12.3. The Bertz CT molecular complexity index is 561. The lowest BCUT2D eigenvalue weighted by Gasteiger charge is -2.19. The van der Waals surface area contributed by atoms with E-state index in [9.17, 15) is 14.4 Å². The van der Waals surface area contributed by atoms with Crippen LogP contribution in [0.5, 0.6) is 0 Å². The van der Waals surface area contributed by atoms with Crippen LogP contribution in [-0.4, -0.2) is 35.7 Å². The van der Waals surface area contributed by atoms with Gasteiger partial charge in [0.25, 0.3) is 0 Å². The average molecular weight is 334 g/mol. The fourth-order valence-corrected chi connectivity index (χ4v) is 4.24. The van der Waals surface area contributed by atoms with Gasteiger partial charge in [-0.2, -0.15) is 0 Å². The molecule has 0 spiro atoms. The Morgan fingerprint density at radius 1 is 1.22 bits per heavy atom. The van der Waals surface area contributed by atoms with Crippen molar-refractivity contribution in [1.29, 1.82) is 0 Å². The van der Waals surface area contributed by atoms with Gasteiger partial charge in [0, 0.05) is 24.4 Å². The molecule has 0 bridgehead atoms. The van der Waals surface area contributed by atoms with Crippen LogP contribution in [0.4, 0.5) is 0 Å². The first-order chi connectivity index (χ1) is 11.2. The summed E-state index contributed by atoms with van der Waals surface area (Å²) in [5.41, 5.74) is 0. The van der Waals surface area contributed by atoms with Crippen molar-refractivity contribution >= 4 is 29.1 Å². The van der Waals surface area contributed by atoms with E-state index in [1.807, 2.05) is 17.5 Å². The topological polar surface area (TPSA) is 66.5 Å². The molecule has 124 valence electrons. The smallest absolute Gasteiger partial charge is 0.233 e. The van der Waals surface area contributed by atoms with Crippen molar-refractivity contribution in [2.24, 2.45) is 11.8 Å². The molecule has 1 aliphatic heterocycles. The molecule has 1 aromatic heterocycles. The zero-order valence-electron chi connectivity index (χ0n) is 13.1. The summed E-state index contributed by atoms with van der Waals surface area (Å²) in [5.74, 6) is -0.481. The Morgan fingerprint density at radius 3 is 2.52 bits per heavy atom. The number of imide groups is 1. The highest BCUT2D eigenvalue weighted by Crippen LogP contribution is 2.37. The molecule has 0 aromatic carbocycles. The number of likely N-dealkylation sites (tertiary alicyclic amines) is 1. The highest BCUT2D eigenvalue weighted by atomic mass is 32.1. The Kier molecular flexibility index (Phi) is 5.10. The van der Waals surface area contributed by atoms with E-state index in [-0.39, 0.29) is 42.5 Å². The van der Waals surface area contributed by atoms with Crippen molar-refractivity contribution in [3.05, 3.63) is 22.4 Å². The van der Waals surface area contributed by atoms with Gasteiger partial charge in [0.15, 0.2) is 0 Å². The minimum Gasteiger partial charge on any atom is -0.356 e. The molecule has 0 unspecified atom stereocenters. The van der Waals surface area contributed by atoms with Crippen molar-refractivity contribution in [3.8, 4) is 0 Å². The Hall–Kier alpha value is -1.69. The molecule has 3 rings (SSSR count). The summed E-state index contributed by atoms with van der Waals surface area (Å²) in [6.07, 6.45) is 4.70. The van der Waals surface area contributed by atoms with Crippen LogP contribution in [0, 0.1) is 11.8 Å². The van der Waals surface area contributed by atoms with Crippen LogP contribution >= 0.6 is 11.3 Å². The zero-order chi connectivity index (χ0) is 16.2. The first-order valence-electron chi connectivity index (χ1n) is 8.31. The van der Waals surface area contributed by atoms with Crippen LogP contribution in [0.2, 0.25) is 0 Å². The van der Waals surface area contributed by atoms with Crippen molar-refractivity contribution in [3.63, 3.8) is 0 Å². The largest absolute Gasteiger partial charge is 0.356 e. The van der Waals surface area contributed by atoms with E-state index >= 15 is 0 Å². The molecule has 1 saturated heterocycles. The second kappa shape index (κ2) is 7.25. The monoisotopic (exact) mass is 334 g/mol.